The molecule has 2 unspecified atom stereocenters. The van der Waals surface area contributed by atoms with Crippen LogP contribution in [0.3, 0.4) is 0 Å². The van der Waals surface area contributed by atoms with Crippen molar-refractivity contribution in [2.24, 2.45) is 17.8 Å². The average molecular weight is 751 g/mol. The quantitative estimate of drug-likeness (QED) is 0.0987. The highest BCUT2D eigenvalue weighted by molar-refractivity contribution is 7.89. The number of hydrogen-bond donors (Lipinski definition) is 6. The molecule has 1 saturated carbocycles. The Hall–Kier alpha value is -4.48. The van der Waals surface area contributed by atoms with Crippen LogP contribution in [0.1, 0.15) is 103 Å². The second kappa shape index (κ2) is 21.1. The first-order chi connectivity index (χ1) is 24.4. The van der Waals surface area contributed by atoms with Gasteiger partial charge in [0.2, 0.25) is 33.5 Å². The van der Waals surface area contributed by atoms with Crippen molar-refractivity contribution < 1.29 is 42.0 Å². The number of Topliss-reactive ketones (excluding diaryl/α,β-unsaturated/α-hetero) is 1. The summed E-state index contributed by atoms with van der Waals surface area (Å²) in [6.45, 7) is 8.17. The van der Waals surface area contributed by atoms with Crippen LogP contribution >= 0.6 is 0 Å². The van der Waals surface area contributed by atoms with Gasteiger partial charge in [-0.05, 0) is 37.0 Å². The second-order valence-corrected chi connectivity index (χ2v) is 15.5. The van der Waals surface area contributed by atoms with Crippen molar-refractivity contribution in [3.05, 3.63) is 24.3 Å². The molecule has 6 N–H and O–H groups in total. The van der Waals surface area contributed by atoms with Gasteiger partial charge in [0.15, 0.2) is 0 Å². The highest BCUT2D eigenvalue weighted by Gasteiger charge is 2.35. The van der Waals surface area contributed by atoms with Gasteiger partial charge in [0.25, 0.3) is 17.7 Å². The largest absolute Gasteiger partial charge is 0.344 e. The number of ketones is 1. The van der Waals surface area contributed by atoms with Crippen LogP contribution in [0, 0.1) is 17.8 Å². The molecule has 5 atom stereocenters. The zero-order valence-corrected chi connectivity index (χ0v) is 31.6. The molecule has 1 fully saturated rings. The Bertz CT molecular complexity index is 1520. The zero-order valence-electron chi connectivity index (χ0n) is 30.8. The lowest BCUT2D eigenvalue weighted by atomic mass is 9.84. The molecule has 1 aromatic heterocycles. The fraction of sp³-hybridized carbons (Fsp3) is 0.676. The molecule has 2 rings (SSSR count). The number of aromatic nitrogens is 2. The van der Waals surface area contributed by atoms with Crippen LogP contribution in [-0.4, -0.2) is 96.6 Å². The molecule has 1 aliphatic rings. The molecule has 0 aromatic carbocycles. The number of carbonyl (C=O) groups is 7. The molecule has 6 amide bonds. The highest BCUT2D eigenvalue weighted by atomic mass is 32.2. The molecular weight excluding hydrogens is 696 g/mol. The molecule has 1 heterocycles. The van der Waals surface area contributed by atoms with Gasteiger partial charge in [0, 0.05) is 12.4 Å². The molecule has 0 saturated heterocycles. The second-order valence-electron chi connectivity index (χ2n) is 13.7. The lowest BCUT2D eigenvalue weighted by Crippen LogP contribution is -2.60. The van der Waals surface area contributed by atoms with Crippen LogP contribution in [-0.2, 0) is 38.8 Å². The summed E-state index contributed by atoms with van der Waals surface area (Å²) in [5.41, 5.74) is 0.0237. The predicted molar refractivity (Wildman–Crippen MR) is 190 cm³/mol. The maximum Gasteiger partial charge on any atom is 0.290 e. The normalized spacial score (nSPS) is 16.3. The maximum atomic E-state index is 13.9. The van der Waals surface area contributed by atoms with Crippen LogP contribution in [0.15, 0.2) is 18.6 Å². The standard InChI is InChI=1S/C34H54N8O9S/c1-7-21(5)28(41-31(46)24(16-20(3)4)39-32(47)26-18-35-14-15-36-26)33(48)40-25(17-22-12-10-9-11-13-22)30(45)38-23(8-2)29(44)34(49)37-19-27(43)42-52(6,50)51/h14-15,18,20-25,28H,7-13,16-17,19H2,1-6H3,(H,37,49)(H,38,45)(H,39,47)(H,40,48)(H,41,46)(H,42,43)/t21?,23-,24-,25-,28?/m0/s1. The SMILES string of the molecule is CCC(C)C(NC(=O)[C@H](CC(C)C)NC(=O)c1cnccn1)C(=O)N[C@@H](CC1CCCCC1)C(=O)N[C@@H](CC)C(=O)C(=O)NCC(=O)NS(C)(=O)=O. The van der Waals surface area contributed by atoms with Gasteiger partial charge in [0.1, 0.15) is 23.8 Å². The number of nitrogens with zero attached hydrogens (tertiary/aromatic N) is 2. The van der Waals surface area contributed by atoms with Crippen LogP contribution in [0.5, 0.6) is 0 Å². The summed E-state index contributed by atoms with van der Waals surface area (Å²) in [7, 11) is -3.88. The molecular formula is C34H54N8O9S. The summed E-state index contributed by atoms with van der Waals surface area (Å²) in [5.74, 6) is -6.13. The van der Waals surface area contributed by atoms with Gasteiger partial charge < -0.3 is 26.6 Å². The lowest BCUT2D eigenvalue weighted by molar-refractivity contribution is -0.141. The Labute approximate surface area is 305 Å². The topological polar surface area (TPSA) is 252 Å². The average Bonchev–Trinajstić information content (AvgIpc) is 3.10. The number of nitrogens with one attached hydrogen (secondary N) is 6. The predicted octanol–water partition coefficient (Wildman–Crippen LogP) is 0.263. The van der Waals surface area contributed by atoms with Crippen molar-refractivity contribution >= 4 is 51.2 Å². The number of sulfonamides is 1. The van der Waals surface area contributed by atoms with Crippen molar-refractivity contribution in [1.82, 2.24) is 41.3 Å². The third-order valence-electron chi connectivity index (χ3n) is 8.82. The van der Waals surface area contributed by atoms with E-state index >= 15 is 0 Å². The summed E-state index contributed by atoms with van der Waals surface area (Å²) < 4.78 is 24.2. The van der Waals surface area contributed by atoms with Gasteiger partial charge in [0.05, 0.1) is 25.0 Å². The summed E-state index contributed by atoms with van der Waals surface area (Å²) in [5, 5.41) is 12.9. The minimum absolute atomic E-state index is 0.000693. The van der Waals surface area contributed by atoms with Gasteiger partial charge in [-0.25, -0.2) is 13.4 Å². The summed E-state index contributed by atoms with van der Waals surface area (Å²) >= 11 is 0. The van der Waals surface area contributed by atoms with E-state index in [9.17, 15) is 42.0 Å². The molecule has 290 valence electrons. The highest BCUT2D eigenvalue weighted by Crippen LogP contribution is 2.27. The van der Waals surface area contributed by atoms with E-state index in [2.05, 4.69) is 36.6 Å². The van der Waals surface area contributed by atoms with Gasteiger partial charge in [-0.15, -0.1) is 0 Å². The summed E-state index contributed by atoms with van der Waals surface area (Å²) in [4.78, 5) is 99.4. The Morgan fingerprint density at radius 1 is 0.808 bits per heavy atom. The van der Waals surface area contributed by atoms with E-state index < -0.39 is 82.0 Å². The van der Waals surface area contributed by atoms with E-state index in [4.69, 9.17) is 0 Å². The van der Waals surface area contributed by atoms with Crippen LogP contribution in [0.4, 0.5) is 0 Å². The minimum atomic E-state index is -3.88. The summed E-state index contributed by atoms with van der Waals surface area (Å²) in [6.07, 6.45) is 10.4. The first-order valence-corrected chi connectivity index (χ1v) is 19.6. The van der Waals surface area contributed by atoms with Crippen LogP contribution in [0.25, 0.3) is 0 Å². The first kappa shape index (κ1) is 43.7. The molecule has 1 aromatic rings. The van der Waals surface area contributed by atoms with Crippen molar-refractivity contribution in [2.45, 2.75) is 117 Å². The molecule has 17 nitrogen and oxygen atoms in total. The maximum absolute atomic E-state index is 13.9. The Morgan fingerprint density at radius 2 is 1.44 bits per heavy atom. The molecule has 0 spiro atoms. The Balaban J connectivity index is 2.25. The molecule has 52 heavy (non-hydrogen) atoms. The number of carbonyl (C=O) groups excluding carboxylic acids is 7. The Morgan fingerprint density at radius 3 is 2.00 bits per heavy atom. The minimum Gasteiger partial charge on any atom is -0.344 e. The third kappa shape index (κ3) is 15.0. The monoisotopic (exact) mass is 750 g/mol. The smallest absolute Gasteiger partial charge is 0.290 e. The first-order valence-electron chi connectivity index (χ1n) is 17.8. The van der Waals surface area contributed by atoms with E-state index in [1.165, 1.54) is 18.6 Å². The Kier molecular flexibility index (Phi) is 17.8. The van der Waals surface area contributed by atoms with E-state index in [-0.39, 0.29) is 42.7 Å². The molecule has 0 radical (unpaired) electrons. The van der Waals surface area contributed by atoms with E-state index in [1.54, 1.807) is 18.6 Å². The number of rotatable bonds is 20. The molecule has 0 bridgehead atoms. The number of amides is 6. The molecule has 1 aliphatic carbocycles. The van der Waals surface area contributed by atoms with Crippen LogP contribution in [0.2, 0.25) is 0 Å². The lowest BCUT2D eigenvalue weighted by Gasteiger charge is -2.31. The van der Waals surface area contributed by atoms with E-state index in [0.29, 0.717) is 6.42 Å². The van der Waals surface area contributed by atoms with Gasteiger partial charge in [-0.2, -0.15) is 0 Å². The van der Waals surface area contributed by atoms with Crippen LogP contribution < -0.4 is 31.3 Å². The van der Waals surface area contributed by atoms with E-state index in [1.807, 2.05) is 20.8 Å². The van der Waals surface area contributed by atoms with Crippen molar-refractivity contribution in [3.8, 4) is 0 Å². The van der Waals surface area contributed by atoms with Gasteiger partial charge in [-0.3, -0.25) is 43.3 Å². The summed E-state index contributed by atoms with van der Waals surface area (Å²) in [6, 6.07) is -4.52. The van der Waals surface area contributed by atoms with Crippen molar-refractivity contribution in [2.75, 3.05) is 12.8 Å². The zero-order chi connectivity index (χ0) is 39.0. The van der Waals surface area contributed by atoms with Gasteiger partial charge in [-0.1, -0.05) is 73.1 Å². The van der Waals surface area contributed by atoms with Crippen molar-refractivity contribution in [3.63, 3.8) is 0 Å². The fourth-order valence-electron chi connectivity index (χ4n) is 5.83. The molecule has 18 heteroatoms. The van der Waals surface area contributed by atoms with Crippen molar-refractivity contribution in [1.29, 1.82) is 0 Å². The third-order valence-corrected chi connectivity index (χ3v) is 9.42. The number of hydrogen-bond acceptors (Lipinski definition) is 11. The van der Waals surface area contributed by atoms with E-state index in [0.717, 1.165) is 38.4 Å². The molecule has 0 aliphatic heterocycles. The fourth-order valence-corrected chi connectivity index (χ4v) is 6.32. The van der Waals surface area contributed by atoms with Gasteiger partial charge >= 0.3 is 0 Å².